The molecule has 1 aromatic heterocycles. The zero-order valence-electron chi connectivity index (χ0n) is 16.6. The number of methoxy groups -OCH3 is 1. The number of amides is 1. The Hall–Kier alpha value is -2.82. The van der Waals surface area contributed by atoms with Crippen LogP contribution in [0.15, 0.2) is 53.4 Å². The average molecular weight is 447 g/mol. The molecule has 0 unspecified atom stereocenters. The Bertz CT molecular complexity index is 1090. The van der Waals surface area contributed by atoms with Crippen LogP contribution in [0.25, 0.3) is 0 Å². The normalized spacial score (nSPS) is 11.3. The van der Waals surface area contributed by atoms with Gasteiger partial charge in [-0.3, -0.25) is 4.79 Å². The monoisotopic (exact) mass is 446 g/mol. The van der Waals surface area contributed by atoms with Gasteiger partial charge in [-0.25, -0.2) is 13.1 Å². The lowest BCUT2D eigenvalue weighted by atomic mass is 10.1. The zero-order valence-corrected chi connectivity index (χ0v) is 18.2. The number of carbonyl (C=O) groups is 1. The number of rotatable bonds is 9. The van der Waals surface area contributed by atoms with Gasteiger partial charge in [0.05, 0.1) is 12.0 Å². The summed E-state index contributed by atoms with van der Waals surface area (Å²) < 4.78 is 32.0. The van der Waals surface area contributed by atoms with Crippen molar-refractivity contribution in [1.29, 1.82) is 0 Å². The van der Waals surface area contributed by atoms with Crippen molar-refractivity contribution in [3.8, 4) is 5.75 Å². The summed E-state index contributed by atoms with van der Waals surface area (Å²) in [5, 5.41) is 11.8. The van der Waals surface area contributed by atoms with E-state index in [0.717, 1.165) is 21.9 Å². The summed E-state index contributed by atoms with van der Waals surface area (Å²) in [6.45, 7) is 1.86. The topological polar surface area (TPSA) is 110 Å². The Labute approximate surface area is 179 Å². The summed E-state index contributed by atoms with van der Waals surface area (Å²) in [5.41, 5.74) is 2.02. The number of carbonyl (C=O) groups excluding carboxylic acids is 1. The first-order chi connectivity index (χ1) is 14.4. The zero-order chi connectivity index (χ0) is 21.6. The second-order valence-electron chi connectivity index (χ2n) is 6.53. The van der Waals surface area contributed by atoms with Crippen LogP contribution < -0.4 is 14.8 Å². The highest BCUT2D eigenvalue weighted by Gasteiger charge is 2.14. The van der Waals surface area contributed by atoms with Gasteiger partial charge in [-0.15, -0.1) is 10.2 Å². The summed E-state index contributed by atoms with van der Waals surface area (Å²) in [6.07, 6.45) is 0.576. The lowest BCUT2D eigenvalue weighted by molar-refractivity contribution is -0.116. The van der Waals surface area contributed by atoms with Crippen LogP contribution in [-0.4, -0.2) is 38.2 Å². The van der Waals surface area contributed by atoms with Gasteiger partial charge in [-0.05, 0) is 36.8 Å². The van der Waals surface area contributed by atoms with Crippen molar-refractivity contribution < 1.29 is 17.9 Å². The number of benzene rings is 2. The quantitative estimate of drug-likeness (QED) is 0.523. The largest absolute Gasteiger partial charge is 0.497 e. The molecule has 3 rings (SSSR count). The van der Waals surface area contributed by atoms with Crippen molar-refractivity contribution in [3.63, 3.8) is 0 Å². The van der Waals surface area contributed by atoms with E-state index in [0.29, 0.717) is 11.6 Å². The molecule has 158 valence electrons. The van der Waals surface area contributed by atoms with Crippen molar-refractivity contribution >= 4 is 32.4 Å². The second kappa shape index (κ2) is 9.79. The molecule has 0 saturated carbocycles. The molecule has 0 fully saturated rings. The molecule has 0 radical (unpaired) electrons. The van der Waals surface area contributed by atoms with E-state index in [2.05, 4.69) is 20.2 Å². The van der Waals surface area contributed by atoms with E-state index in [1.165, 1.54) is 23.5 Å². The molecule has 0 saturated heterocycles. The molecule has 30 heavy (non-hydrogen) atoms. The van der Waals surface area contributed by atoms with Crippen molar-refractivity contribution in [1.82, 2.24) is 14.9 Å². The van der Waals surface area contributed by atoms with Crippen LogP contribution in [0.5, 0.6) is 5.75 Å². The fourth-order valence-corrected chi connectivity index (χ4v) is 4.40. The SMILES string of the molecule is COc1ccc(Cc2nnc(NC(=O)CCNS(=O)(=O)c3ccc(C)cc3)s2)cc1. The molecule has 0 aliphatic rings. The summed E-state index contributed by atoms with van der Waals surface area (Å²) in [5.74, 6) is 0.440. The molecule has 0 aliphatic heterocycles. The molecule has 2 aromatic carbocycles. The number of nitrogens with one attached hydrogen (secondary N) is 2. The number of aryl methyl sites for hydroxylation is 1. The van der Waals surface area contributed by atoms with Crippen LogP contribution in [0.1, 0.15) is 22.6 Å². The van der Waals surface area contributed by atoms with Gasteiger partial charge in [0.25, 0.3) is 0 Å². The summed E-state index contributed by atoms with van der Waals surface area (Å²) >= 11 is 1.28. The maximum atomic E-state index is 12.2. The second-order valence-corrected chi connectivity index (χ2v) is 9.36. The Kier molecular flexibility index (Phi) is 7.14. The number of aromatic nitrogens is 2. The molecule has 1 amide bonds. The summed E-state index contributed by atoms with van der Waals surface area (Å²) in [6, 6.07) is 14.1. The van der Waals surface area contributed by atoms with Gasteiger partial charge in [-0.1, -0.05) is 41.2 Å². The minimum absolute atomic E-state index is 0.0143. The van der Waals surface area contributed by atoms with Gasteiger partial charge in [-0.2, -0.15) is 0 Å². The van der Waals surface area contributed by atoms with Gasteiger partial charge in [0.2, 0.25) is 21.1 Å². The predicted octanol–water partition coefficient (Wildman–Crippen LogP) is 2.75. The Morgan fingerprint density at radius 3 is 2.43 bits per heavy atom. The van der Waals surface area contributed by atoms with Crippen LogP contribution in [0.2, 0.25) is 0 Å². The van der Waals surface area contributed by atoms with E-state index in [9.17, 15) is 13.2 Å². The third-order valence-electron chi connectivity index (χ3n) is 4.20. The highest BCUT2D eigenvalue weighted by atomic mass is 32.2. The highest BCUT2D eigenvalue weighted by molar-refractivity contribution is 7.89. The van der Waals surface area contributed by atoms with E-state index in [4.69, 9.17) is 4.74 Å². The predicted molar refractivity (Wildman–Crippen MR) is 115 cm³/mol. The summed E-state index contributed by atoms with van der Waals surface area (Å²) in [7, 11) is -2.03. The van der Waals surface area contributed by atoms with Crippen LogP contribution in [0.3, 0.4) is 0 Å². The third-order valence-corrected chi connectivity index (χ3v) is 6.52. The van der Waals surface area contributed by atoms with Crippen molar-refractivity contribution in [2.45, 2.75) is 24.7 Å². The molecular formula is C20H22N4O4S2. The van der Waals surface area contributed by atoms with Gasteiger partial charge in [0.15, 0.2) is 0 Å². The first kappa shape index (κ1) is 21.9. The number of sulfonamides is 1. The average Bonchev–Trinajstić information content (AvgIpc) is 3.15. The Balaban J connectivity index is 1.47. The lowest BCUT2D eigenvalue weighted by Gasteiger charge is -2.06. The highest BCUT2D eigenvalue weighted by Crippen LogP contribution is 2.20. The van der Waals surface area contributed by atoms with Gasteiger partial charge >= 0.3 is 0 Å². The molecule has 2 N–H and O–H groups in total. The lowest BCUT2D eigenvalue weighted by Crippen LogP contribution is -2.27. The number of anilines is 1. The standard InChI is InChI=1S/C20H22N4O4S2/c1-14-3-9-17(10-4-14)30(26,27)21-12-11-18(25)22-20-24-23-19(29-20)13-15-5-7-16(28-2)8-6-15/h3-10,21H,11-13H2,1-2H3,(H,22,24,25). The van der Waals surface area contributed by atoms with E-state index in [1.54, 1.807) is 19.2 Å². The molecule has 0 aliphatic carbocycles. The van der Waals surface area contributed by atoms with Crippen molar-refractivity contribution in [3.05, 3.63) is 64.7 Å². The van der Waals surface area contributed by atoms with Gasteiger partial charge in [0.1, 0.15) is 10.8 Å². The molecule has 10 heteroatoms. The van der Waals surface area contributed by atoms with Crippen LogP contribution >= 0.6 is 11.3 Å². The maximum absolute atomic E-state index is 12.2. The summed E-state index contributed by atoms with van der Waals surface area (Å²) in [4.78, 5) is 12.3. The molecule has 1 heterocycles. The van der Waals surface area contributed by atoms with Gasteiger partial charge < -0.3 is 10.1 Å². The van der Waals surface area contributed by atoms with E-state index in [-0.39, 0.29) is 23.8 Å². The van der Waals surface area contributed by atoms with E-state index in [1.807, 2.05) is 31.2 Å². The third kappa shape index (κ3) is 6.09. The molecule has 8 nitrogen and oxygen atoms in total. The number of hydrogen-bond donors (Lipinski definition) is 2. The number of hydrogen-bond acceptors (Lipinski definition) is 7. The van der Waals surface area contributed by atoms with Crippen molar-refractivity contribution in [2.24, 2.45) is 0 Å². The molecular weight excluding hydrogens is 424 g/mol. The molecule has 0 atom stereocenters. The van der Waals surface area contributed by atoms with Crippen molar-refractivity contribution in [2.75, 3.05) is 19.0 Å². The van der Waals surface area contributed by atoms with Crippen LogP contribution in [0, 0.1) is 6.92 Å². The van der Waals surface area contributed by atoms with E-state index < -0.39 is 10.0 Å². The fourth-order valence-electron chi connectivity index (χ4n) is 2.58. The van der Waals surface area contributed by atoms with Crippen LogP contribution in [-0.2, 0) is 21.2 Å². The van der Waals surface area contributed by atoms with Crippen LogP contribution in [0.4, 0.5) is 5.13 Å². The first-order valence-corrected chi connectivity index (χ1v) is 11.5. The maximum Gasteiger partial charge on any atom is 0.240 e. The molecule has 0 bridgehead atoms. The molecule has 3 aromatic rings. The smallest absolute Gasteiger partial charge is 0.240 e. The fraction of sp³-hybridized carbons (Fsp3) is 0.250. The Morgan fingerprint density at radius 1 is 1.07 bits per heavy atom. The minimum atomic E-state index is -3.65. The number of nitrogens with zero attached hydrogens (tertiary/aromatic N) is 2. The van der Waals surface area contributed by atoms with Gasteiger partial charge in [0, 0.05) is 19.4 Å². The van der Waals surface area contributed by atoms with E-state index >= 15 is 0 Å². The minimum Gasteiger partial charge on any atom is -0.497 e. The Morgan fingerprint density at radius 2 is 1.77 bits per heavy atom. The number of ether oxygens (including phenoxy) is 1. The molecule has 0 spiro atoms. The first-order valence-electron chi connectivity index (χ1n) is 9.17.